The fourth-order valence-corrected chi connectivity index (χ4v) is 3.61. The van der Waals surface area contributed by atoms with Crippen molar-refractivity contribution in [3.05, 3.63) is 29.8 Å². The van der Waals surface area contributed by atoms with Gasteiger partial charge in [0.2, 0.25) is 10.0 Å². The molecule has 5 heteroatoms. The van der Waals surface area contributed by atoms with Gasteiger partial charge in [0.15, 0.2) is 0 Å². The molecule has 1 aliphatic carbocycles. The number of hydrogen-bond donors (Lipinski definition) is 1. The second-order valence-electron chi connectivity index (χ2n) is 6.22. The van der Waals surface area contributed by atoms with Gasteiger partial charge in [0, 0.05) is 26.2 Å². The molecule has 4 nitrogen and oxygen atoms in total. The molecule has 1 fully saturated rings. The van der Waals surface area contributed by atoms with E-state index in [1.807, 2.05) is 12.1 Å². The summed E-state index contributed by atoms with van der Waals surface area (Å²) in [5, 5.41) is 3.62. The lowest BCUT2D eigenvalue weighted by Gasteiger charge is -2.34. The SMILES string of the molecule is CC(NC(C)C1CCC1)c1ccc(S(=O)(=O)N(C)C)cc1. The molecule has 0 saturated heterocycles. The number of benzene rings is 1. The van der Waals surface area contributed by atoms with Gasteiger partial charge < -0.3 is 5.32 Å². The van der Waals surface area contributed by atoms with Crippen LogP contribution in [0.2, 0.25) is 0 Å². The third kappa shape index (κ3) is 3.65. The number of sulfonamides is 1. The average Bonchev–Trinajstić information content (AvgIpc) is 2.36. The van der Waals surface area contributed by atoms with Gasteiger partial charge in [0.05, 0.1) is 4.90 Å². The van der Waals surface area contributed by atoms with E-state index < -0.39 is 10.0 Å². The molecule has 1 aliphatic rings. The van der Waals surface area contributed by atoms with Gasteiger partial charge in [-0.3, -0.25) is 0 Å². The summed E-state index contributed by atoms with van der Waals surface area (Å²) in [5.74, 6) is 0.792. The Balaban J connectivity index is 2.04. The second kappa shape index (κ2) is 6.46. The summed E-state index contributed by atoms with van der Waals surface area (Å²) in [6.45, 7) is 4.37. The van der Waals surface area contributed by atoms with Crippen LogP contribution in [0.3, 0.4) is 0 Å². The summed E-state index contributed by atoms with van der Waals surface area (Å²) in [6, 6.07) is 7.94. The van der Waals surface area contributed by atoms with Crippen molar-refractivity contribution in [3.63, 3.8) is 0 Å². The molecule has 0 heterocycles. The maximum Gasteiger partial charge on any atom is 0.242 e. The molecule has 0 aromatic heterocycles. The Morgan fingerprint density at radius 2 is 1.71 bits per heavy atom. The molecule has 1 aromatic carbocycles. The lowest BCUT2D eigenvalue weighted by Crippen LogP contribution is -2.38. The Bertz CT molecular complexity index is 562. The zero-order valence-corrected chi connectivity index (χ0v) is 14.2. The molecule has 0 aliphatic heterocycles. The first kappa shape index (κ1) is 16.5. The Labute approximate surface area is 128 Å². The molecule has 0 radical (unpaired) electrons. The van der Waals surface area contributed by atoms with Crippen LogP contribution in [0.5, 0.6) is 0 Å². The molecule has 2 unspecified atom stereocenters. The first-order chi connectivity index (χ1) is 9.82. The van der Waals surface area contributed by atoms with Crippen molar-refractivity contribution in [1.82, 2.24) is 9.62 Å². The van der Waals surface area contributed by atoms with Crippen LogP contribution in [0, 0.1) is 5.92 Å². The highest BCUT2D eigenvalue weighted by molar-refractivity contribution is 7.89. The highest BCUT2D eigenvalue weighted by Crippen LogP contribution is 2.30. The van der Waals surface area contributed by atoms with Crippen LogP contribution in [-0.4, -0.2) is 32.9 Å². The first-order valence-electron chi connectivity index (χ1n) is 7.61. The zero-order chi connectivity index (χ0) is 15.6. The molecule has 0 spiro atoms. The predicted octanol–water partition coefficient (Wildman–Crippen LogP) is 2.78. The van der Waals surface area contributed by atoms with Crippen molar-refractivity contribution in [2.75, 3.05) is 14.1 Å². The highest BCUT2D eigenvalue weighted by Gasteiger charge is 2.25. The number of nitrogens with one attached hydrogen (secondary N) is 1. The van der Waals surface area contributed by atoms with E-state index in [0.717, 1.165) is 11.5 Å². The van der Waals surface area contributed by atoms with Crippen LogP contribution >= 0.6 is 0 Å². The minimum atomic E-state index is -3.34. The van der Waals surface area contributed by atoms with Gasteiger partial charge in [-0.05, 0) is 50.3 Å². The number of rotatable bonds is 6. The standard InChI is InChI=1S/C16H26N2O2S/c1-12(14-6-5-7-14)17-13(2)15-8-10-16(11-9-15)21(19,20)18(3)4/h8-14,17H,5-7H2,1-4H3. The van der Waals surface area contributed by atoms with Gasteiger partial charge in [0.25, 0.3) is 0 Å². The van der Waals surface area contributed by atoms with Gasteiger partial charge in [-0.25, -0.2) is 12.7 Å². The van der Waals surface area contributed by atoms with Gasteiger partial charge in [-0.15, -0.1) is 0 Å². The quantitative estimate of drug-likeness (QED) is 0.879. The summed E-state index contributed by atoms with van der Waals surface area (Å²) in [6.07, 6.45) is 3.99. The van der Waals surface area contributed by atoms with E-state index in [-0.39, 0.29) is 6.04 Å². The van der Waals surface area contributed by atoms with Crippen LogP contribution in [0.15, 0.2) is 29.2 Å². The van der Waals surface area contributed by atoms with Crippen molar-refractivity contribution >= 4 is 10.0 Å². The van der Waals surface area contributed by atoms with Crippen molar-refractivity contribution in [3.8, 4) is 0 Å². The lowest BCUT2D eigenvalue weighted by atomic mass is 9.80. The molecule has 2 rings (SSSR count). The summed E-state index contributed by atoms with van der Waals surface area (Å²) in [5.41, 5.74) is 1.12. The number of nitrogens with zero attached hydrogens (tertiary/aromatic N) is 1. The van der Waals surface area contributed by atoms with E-state index >= 15 is 0 Å². The fraction of sp³-hybridized carbons (Fsp3) is 0.625. The van der Waals surface area contributed by atoms with Crippen molar-refractivity contribution in [2.24, 2.45) is 5.92 Å². The van der Waals surface area contributed by atoms with Crippen LogP contribution in [0.4, 0.5) is 0 Å². The summed E-state index contributed by atoms with van der Waals surface area (Å²) in [7, 11) is -0.239. The van der Waals surface area contributed by atoms with Crippen molar-refractivity contribution in [2.45, 2.75) is 50.1 Å². The molecule has 1 N–H and O–H groups in total. The summed E-state index contributed by atoms with van der Waals surface area (Å²) >= 11 is 0. The van der Waals surface area contributed by atoms with E-state index in [4.69, 9.17) is 0 Å². The van der Waals surface area contributed by atoms with E-state index in [0.29, 0.717) is 10.9 Å². The molecule has 2 atom stereocenters. The zero-order valence-electron chi connectivity index (χ0n) is 13.3. The van der Waals surface area contributed by atoms with E-state index in [9.17, 15) is 8.42 Å². The monoisotopic (exact) mass is 310 g/mol. The Hall–Kier alpha value is -0.910. The molecule has 21 heavy (non-hydrogen) atoms. The average molecular weight is 310 g/mol. The lowest BCUT2D eigenvalue weighted by molar-refractivity contribution is 0.230. The maximum absolute atomic E-state index is 12.0. The summed E-state index contributed by atoms with van der Waals surface area (Å²) < 4.78 is 25.3. The molecule has 118 valence electrons. The molecule has 0 amide bonds. The van der Waals surface area contributed by atoms with E-state index in [2.05, 4.69) is 19.2 Å². The highest BCUT2D eigenvalue weighted by atomic mass is 32.2. The Morgan fingerprint density at radius 1 is 1.14 bits per heavy atom. The summed E-state index contributed by atoms with van der Waals surface area (Å²) in [4.78, 5) is 0.343. The molecular weight excluding hydrogens is 284 g/mol. The third-order valence-electron chi connectivity index (χ3n) is 4.53. The molecular formula is C16H26N2O2S. The smallest absolute Gasteiger partial charge is 0.242 e. The molecule has 0 bridgehead atoms. The largest absolute Gasteiger partial charge is 0.307 e. The number of hydrogen-bond acceptors (Lipinski definition) is 3. The maximum atomic E-state index is 12.0. The van der Waals surface area contributed by atoms with Gasteiger partial charge in [-0.2, -0.15) is 0 Å². The minimum absolute atomic E-state index is 0.233. The third-order valence-corrected chi connectivity index (χ3v) is 6.36. The van der Waals surface area contributed by atoms with Crippen LogP contribution in [0.1, 0.15) is 44.7 Å². The van der Waals surface area contributed by atoms with Crippen LogP contribution in [-0.2, 0) is 10.0 Å². The van der Waals surface area contributed by atoms with E-state index in [1.54, 1.807) is 26.2 Å². The fourth-order valence-electron chi connectivity index (χ4n) is 2.71. The molecule has 1 saturated carbocycles. The second-order valence-corrected chi connectivity index (χ2v) is 8.38. The normalized spacial score (nSPS) is 19.3. The van der Waals surface area contributed by atoms with Crippen LogP contribution in [0.25, 0.3) is 0 Å². The van der Waals surface area contributed by atoms with Crippen molar-refractivity contribution in [1.29, 1.82) is 0 Å². The Kier molecular flexibility index (Phi) is 5.07. The van der Waals surface area contributed by atoms with E-state index in [1.165, 1.54) is 23.6 Å². The topological polar surface area (TPSA) is 49.4 Å². The van der Waals surface area contributed by atoms with Crippen molar-refractivity contribution < 1.29 is 8.42 Å². The molecule has 1 aromatic rings. The van der Waals surface area contributed by atoms with Gasteiger partial charge in [-0.1, -0.05) is 18.6 Å². The van der Waals surface area contributed by atoms with Crippen LogP contribution < -0.4 is 5.32 Å². The Morgan fingerprint density at radius 3 is 2.14 bits per heavy atom. The van der Waals surface area contributed by atoms with Gasteiger partial charge >= 0.3 is 0 Å². The first-order valence-corrected chi connectivity index (χ1v) is 9.05. The predicted molar refractivity (Wildman–Crippen MR) is 85.7 cm³/mol. The minimum Gasteiger partial charge on any atom is -0.307 e. The van der Waals surface area contributed by atoms with Gasteiger partial charge in [0.1, 0.15) is 0 Å².